The second-order valence-electron chi connectivity index (χ2n) is 9.28. The molecule has 1 unspecified atom stereocenters. The monoisotopic (exact) mass is 345 g/mol. The Morgan fingerprint density at radius 1 is 1.32 bits per heavy atom. The number of rotatable bonds is 1. The number of hydrogen-bond donors (Lipinski definition) is 2. The molecule has 0 heterocycles. The van der Waals surface area contributed by atoms with E-state index < -0.39 is 0 Å². The van der Waals surface area contributed by atoms with E-state index in [1.807, 2.05) is 6.08 Å². The minimum Gasteiger partial charge on any atom is -0.430 e. The topological polar surface area (TPSA) is 72.5 Å². The summed E-state index contributed by atoms with van der Waals surface area (Å²) < 4.78 is 5.46. The fourth-order valence-corrected chi connectivity index (χ4v) is 6.61. The maximum atomic E-state index is 11.5. The standard InChI is InChI=1S/C21H31NO3/c1-12(23)25-18-11-17-15-5-4-13-10-14(24)6-8-20(13,2)16(15)7-9-21(17,3)19(18)22/h6,8,11,13-17,19,24H,4-5,7,9-10,22H2,1-3H3/t13-,14?,15-,16+,17+,19+,20+,21+/m1/s1. The maximum Gasteiger partial charge on any atom is 0.307 e. The van der Waals surface area contributed by atoms with Crippen LogP contribution in [0, 0.1) is 34.5 Å². The predicted octanol–water partition coefficient (Wildman–Crippen LogP) is 3.16. The zero-order valence-corrected chi connectivity index (χ0v) is 15.6. The molecule has 4 rings (SSSR count). The molecule has 0 aromatic heterocycles. The molecule has 25 heavy (non-hydrogen) atoms. The van der Waals surface area contributed by atoms with E-state index in [1.54, 1.807) is 0 Å². The SMILES string of the molecule is CC(=O)OC1=C[C@H]2[C@@H]3CC[C@@H]4CC(O)C=C[C@]4(C)[C@H]3CC[C@]2(C)[C@H]1N. The van der Waals surface area contributed by atoms with Gasteiger partial charge in [-0.2, -0.15) is 0 Å². The quantitative estimate of drug-likeness (QED) is 0.565. The Labute approximate surface area is 150 Å². The third kappa shape index (κ3) is 2.44. The number of nitrogens with two attached hydrogens (primary N) is 1. The van der Waals surface area contributed by atoms with Crippen LogP contribution in [0.5, 0.6) is 0 Å². The van der Waals surface area contributed by atoms with Crippen molar-refractivity contribution in [1.82, 2.24) is 0 Å². The number of carbonyl (C=O) groups excluding carboxylic acids is 1. The van der Waals surface area contributed by atoms with Crippen molar-refractivity contribution in [3.63, 3.8) is 0 Å². The van der Waals surface area contributed by atoms with Gasteiger partial charge < -0.3 is 15.6 Å². The third-order valence-corrected chi connectivity index (χ3v) is 8.09. The summed E-state index contributed by atoms with van der Waals surface area (Å²) in [6.07, 6.45) is 11.7. The average molecular weight is 345 g/mol. The number of hydrogen-bond acceptors (Lipinski definition) is 4. The summed E-state index contributed by atoms with van der Waals surface area (Å²) in [6, 6.07) is -0.184. The average Bonchev–Trinajstić information content (AvgIpc) is 2.79. The molecule has 0 aromatic carbocycles. The number of esters is 1. The number of aliphatic hydroxyl groups is 1. The van der Waals surface area contributed by atoms with Crippen molar-refractivity contribution >= 4 is 5.97 Å². The summed E-state index contributed by atoms with van der Waals surface area (Å²) in [7, 11) is 0. The lowest BCUT2D eigenvalue weighted by Crippen LogP contribution is -2.54. The van der Waals surface area contributed by atoms with Gasteiger partial charge >= 0.3 is 5.97 Å². The smallest absolute Gasteiger partial charge is 0.307 e. The molecule has 0 bridgehead atoms. The van der Waals surface area contributed by atoms with Crippen LogP contribution in [0.4, 0.5) is 0 Å². The van der Waals surface area contributed by atoms with Crippen LogP contribution in [-0.2, 0) is 9.53 Å². The minimum atomic E-state index is -0.279. The summed E-state index contributed by atoms with van der Waals surface area (Å²) in [5.41, 5.74) is 6.69. The molecule has 4 nitrogen and oxygen atoms in total. The molecule has 8 atom stereocenters. The van der Waals surface area contributed by atoms with Crippen LogP contribution in [-0.4, -0.2) is 23.2 Å². The zero-order chi connectivity index (χ0) is 18.0. The molecule has 4 heteroatoms. The lowest BCUT2D eigenvalue weighted by Gasteiger charge is -2.59. The van der Waals surface area contributed by atoms with Crippen molar-refractivity contribution in [3.05, 3.63) is 24.0 Å². The Kier molecular flexibility index (Phi) is 3.93. The Morgan fingerprint density at radius 3 is 2.80 bits per heavy atom. The van der Waals surface area contributed by atoms with Gasteiger partial charge in [0, 0.05) is 6.92 Å². The van der Waals surface area contributed by atoms with Crippen LogP contribution in [0.1, 0.15) is 52.9 Å². The van der Waals surface area contributed by atoms with Crippen molar-refractivity contribution < 1.29 is 14.6 Å². The summed E-state index contributed by atoms with van der Waals surface area (Å²) >= 11 is 0. The lowest BCUT2D eigenvalue weighted by molar-refractivity contribution is -0.137. The molecule has 3 N–H and O–H groups in total. The maximum absolute atomic E-state index is 11.5. The first kappa shape index (κ1) is 17.3. The number of aliphatic hydroxyl groups excluding tert-OH is 1. The second kappa shape index (κ2) is 5.68. The van der Waals surface area contributed by atoms with E-state index in [1.165, 1.54) is 19.8 Å². The first-order valence-electron chi connectivity index (χ1n) is 9.79. The van der Waals surface area contributed by atoms with E-state index in [9.17, 15) is 9.90 Å². The van der Waals surface area contributed by atoms with Crippen molar-refractivity contribution in [1.29, 1.82) is 0 Å². The van der Waals surface area contributed by atoms with Crippen LogP contribution in [0.2, 0.25) is 0 Å². The molecule has 0 spiro atoms. The highest BCUT2D eigenvalue weighted by Crippen LogP contribution is 2.64. The third-order valence-electron chi connectivity index (χ3n) is 8.09. The fourth-order valence-electron chi connectivity index (χ4n) is 6.61. The molecule has 0 aliphatic heterocycles. The van der Waals surface area contributed by atoms with Crippen LogP contribution in [0.15, 0.2) is 24.0 Å². The molecule has 4 aliphatic rings. The van der Waals surface area contributed by atoms with Crippen molar-refractivity contribution in [2.75, 3.05) is 0 Å². The van der Waals surface area contributed by atoms with Gasteiger partial charge in [-0.15, -0.1) is 0 Å². The highest BCUT2D eigenvalue weighted by Gasteiger charge is 2.59. The van der Waals surface area contributed by atoms with Crippen LogP contribution in [0.25, 0.3) is 0 Å². The molecule has 0 saturated heterocycles. The van der Waals surface area contributed by atoms with E-state index in [0.29, 0.717) is 29.4 Å². The Morgan fingerprint density at radius 2 is 2.08 bits per heavy atom. The normalized spacial score (nSPS) is 51.2. The van der Waals surface area contributed by atoms with Gasteiger partial charge in [0.05, 0.1) is 12.1 Å². The molecule has 0 radical (unpaired) electrons. The minimum absolute atomic E-state index is 0.00690. The zero-order valence-electron chi connectivity index (χ0n) is 15.6. The molecule has 2 saturated carbocycles. The van der Waals surface area contributed by atoms with E-state index in [-0.39, 0.29) is 28.9 Å². The van der Waals surface area contributed by atoms with E-state index in [2.05, 4.69) is 26.0 Å². The number of fused-ring (bicyclic) bond motifs is 5. The predicted molar refractivity (Wildman–Crippen MR) is 96.2 cm³/mol. The highest BCUT2D eigenvalue weighted by atomic mass is 16.5. The molecule has 0 amide bonds. The van der Waals surface area contributed by atoms with Gasteiger partial charge in [0.25, 0.3) is 0 Å². The summed E-state index contributed by atoms with van der Waals surface area (Å²) in [5.74, 6) is 2.56. The van der Waals surface area contributed by atoms with Crippen LogP contribution >= 0.6 is 0 Å². The molecule has 138 valence electrons. The Bertz CT molecular complexity index is 641. The molecule has 0 aromatic rings. The van der Waals surface area contributed by atoms with Gasteiger partial charge in [-0.25, -0.2) is 0 Å². The number of ether oxygens (including phenoxy) is 1. The van der Waals surface area contributed by atoms with Gasteiger partial charge in [0.2, 0.25) is 0 Å². The number of carbonyl (C=O) groups is 1. The second-order valence-corrected chi connectivity index (χ2v) is 9.28. The van der Waals surface area contributed by atoms with E-state index >= 15 is 0 Å². The van der Waals surface area contributed by atoms with E-state index in [4.69, 9.17) is 10.5 Å². The highest BCUT2D eigenvalue weighted by molar-refractivity contribution is 5.67. The summed E-state index contributed by atoms with van der Waals surface area (Å²) in [6.45, 7) is 6.12. The Balaban J connectivity index is 1.67. The first-order chi connectivity index (χ1) is 11.8. The fraction of sp³-hybridized carbons (Fsp3) is 0.762. The molecular weight excluding hydrogens is 314 g/mol. The van der Waals surface area contributed by atoms with Gasteiger partial charge in [0.1, 0.15) is 5.76 Å². The largest absolute Gasteiger partial charge is 0.430 e. The van der Waals surface area contributed by atoms with Crippen LogP contribution < -0.4 is 5.73 Å². The van der Waals surface area contributed by atoms with Gasteiger partial charge in [0.15, 0.2) is 0 Å². The summed E-state index contributed by atoms with van der Waals surface area (Å²) in [4.78, 5) is 11.5. The van der Waals surface area contributed by atoms with Gasteiger partial charge in [-0.1, -0.05) is 26.0 Å². The molecular formula is C21H31NO3. The molecule has 2 fully saturated rings. The first-order valence-corrected chi connectivity index (χ1v) is 9.79. The summed E-state index contributed by atoms with van der Waals surface area (Å²) in [5, 5.41) is 10.0. The Hall–Kier alpha value is -1.13. The van der Waals surface area contributed by atoms with Crippen molar-refractivity contribution in [3.8, 4) is 0 Å². The van der Waals surface area contributed by atoms with Crippen LogP contribution in [0.3, 0.4) is 0 Å². The van der Waals surface area contributed by atoms with Crippen molar-refractivity contribution in [2.24, 2.45) is 40.2 Å². The number of allylic oxidation sites excluding steroid dienone is 2. The van der Waals surface area contributed by atoms with Gasteiger partial charge in [-0.3, -0.25) is 4.79 Å². The van der Waals surface area contributed by atoms with Crippen molar-refractivity contribution in [2.45, 2.75) is 65.0 Å². The van der Waals surface area contributed by atoms with Gasteiger partial charge in [-0.05, 0) is 72.7 Å². The van der Waals surface area contributed by atoms with E-state index in [0.717, 1.165) is 19.3 Å². The molecule has 4 aliphatic carbocycles. The lowest BCUT2D eigenvalue weighted by atomic mass is 9.46.